The van der Waals surface area contributed by atoms with E-state index in [1.54, 1.807) is 24.7 Å². The van der Waals surface area contributed by atoms with Crippen molar-refractivity contribution in [1.82, 2.24) is 9.78 Å². The lowest BCUT2D eigenvalue weighted by molar-refractivity contribution is -0.148. The van der Waals surface area contributed by atoms with Gasteiger partial charge in [-0.05, 0) is 44.5 Å². The molecule has 1 heterocycles. The SMILES string of the molecule is Cc1nn(C)c(C)c1NC(=O)[C@H](C)OC(=O)/C=C/c1ccc(Br)cc1. The maximum absolute atomic E-state index is 12.2. The van der Waals surface area contributed by atoms with Gasteiger partial charge in [0, 0.05) is 17.6 Å². The van der Waals surface area contributed by atoms with Crippen molar-refractivity contribution in [1.29, 1.82) is 0 Å². The molecule has 0 fully saturated rings. The highest BCUT2D eigenvalue weighted by atomic mass is 79.9. The summed E-state index contributed by atoms with van der Waals surface area (Å²) in [5.41, 5.74) is 3.04. The molecule has 0 bridgehead atoms. The molecule has 132 valence electrons. The number of aryl methyl sites for hydroxylation is 2. The Morgan fingerprint density at radius 1 is 1.28 bits per heavy atom. The Balaban J connectivity index is 1.93. The van der Waals surface area contributed by atoms with Gasteiger partial charge in [-0.1, -0.05) is 28.1 Å². The molecule has 1 aromatic carbocycles. The molecule has 0 saturated heterocycles. The van der Waals surface area contributed by atoms with E-state index < -0.39 is 18.0 Å². The molecular weight excluding hydrogens is 386 g/mol. The van der Waals surface area contributed by atoms with E-state index in [-0.39, 0.29) is 0 Å². The van der Waals surface area contributed by atoms with E-state index in [9.17, 15) is 9.59 Å². The van der Waals surface area contributed by atoms with E-state index in [4.69, 9.17) is 4.74 Å². The second-order valence-electron chi connectivity index (χ2n) is 5.62. The number of hydrogen-bond donors (Lipinski definition) is 1. The smallest absolute Gasteiger partial charge is 0.331 e. The summed E-state index contributed by atoms with van der Waals surface area (Å²) >= 11 is 3.35. The minimum absolute atomic E-state index is 0.399. The maximum atomic E-state index is 12.2. The molecule has 2 rings (SSSR count). The van der Waals surface area contributed by atoms with Crippen molar-refractivity contribution in [3.63, 3.8) is 0 Å². The minimum atomic E-state index is -0.916. The zero-order valence-corrected chi connectivity index (χ0v) is 16.1. The Morgan fingerprint density at radius 3 is 2.48 bits per heavy atom. The number of carbonyl (C=O) groups is 2. The van der Waals surface area contributed by atoms with Crippen LogP contribution in [0, 0.1) is 13.8 Å². The van der Waals surface area contributed by atoms with Gasteiger partial charge in [0.25, 0.3) is 5.91 Å². The third-order valence-corrected chi connectivity index (χ3v) is 4.23. The molecule has 1 N–H and O–H groups in total. The van der Waals surface area contributed by atoms with Crippen LogP contribution < -0.4 is 5.32 Å². The Hall–Kier alpha value is -2.41. The van der Waals surface area contributed by atoms with Gasteiger partial charge in [0.2, 0.25) is 0 Å². The summed E-state index contributed by atoms with van der Waals surface area (Å²) in [6.07, 6.45) is 2.02. The molecule has 0 radical (unpaired) electrons. The zero-order chi connectivity index (χ0) is 18.6. The van der Waals surface area contributed by atoms with E-state index in [1.165, 1.54) is 13.0 Å². The first-order chi connectivity index (χ1) is 11.8. The lowest BCUT2D eigenvalue weighted by Crippen LogP contribution is -2.29. The van der Waals surface area contributed by atoms with Gasteiger partial charge in [0.1, 0.15) is 0 Å². The number of amides is 1. The largest absolute Gasteiger partial charge is 0.449 e. The van der Waals surface area contributed by atoms with Crippen LogP contribution in [0.4, 0.5) is 5.69 Å². The third kappa shape index (κ3) is 5.03. The summed E-state index contributed by atoms with van der Waals surface area (Å²) in [4.78, 5) is 24.1. The molecule has 0 aliphatic rings. The number of anilines is 1. The monoisotopic (exact) mass is 405 g/mol. The predicted octanol–water partition coefficient (Wildman–Crippen LogP) is 3.38. The van der Waals surface area contributed by atoms with Crippen molar-refractivity contribution < 1.29 is 14.3 Å². The molecule has 1 atom stereocenters. The third-order valence-electron chi connectivity index (χ3n) is 3.70. The van der Waals surface area contributed by atoms with Crippen LogP contribution in [0.1, 0.15) is 23.9 Å². The molecule has 25 heavy (non-hydrogen) atoms. The molecule has 0 aliphatic heterocycles. The Kier molecular flexibility index (Phi) is 6.14. The Labute approximate surface area is 155 Å². The summed E-state index contributed by atoms with van der Waals surface area (Å²) in [5.74, 6) is -0.977. The van der Waals surface area contributed by atoms with Crippen LogP contribution in [0.5, 0.6) is 0 Å². The number of carbonyl (C=O) groups excluding carboxylic acids is 2. The normalized spacial score (nSPS) is 12.2. The molecule has 0 saturated carbocycles. The molecule has 1 aromatic heterocycles. The summed E-state index contributed by atoms with van der Waals surface area (Å²) in [6, 6.07) is 7.47. The number of aromatic nitrogens is 2. The van der Waals surface area contributed by atoms with E-state index in [0.717, 1.165) is 15.7 Å². The first-order valence-electron chi connectivity index (χ1n) is 7.73. The van der Waals surface area contributed by atoms with Gasteiger partial charge < -0.3 is 10.1 Å². The summed E-state index contributed by atoms with van der Waals surface area (Å²) in [7, 11) is 1.80. The fourth-order valence-corrected chi connectivity index (χ4v) is 2.45. The van der Waals surface area contributed by atoms with Crippen molar-refractivity contribution in [2.75, 3.05) is 5.32 Å². The summed E-state index contributed by atoms with van der Waals surface area (Å²) in [5, 5.41) is 6.99. The fraction of sp³-hybridized carbons (Fsp3) is 0.278. The lowest BCUT2D eigenvalue weighted by Gasteiger charge is -2.12. The first-order valence-corrected chi connectivity index (χ1v) is 8.52. The Morgan fingerprint density at radius 2 is 1.92 bits per heavy atom. The number of nitrogens with zero attached hydrogens (tertiary/aromatic N) is 2. The molecule has 2 aromatic rings. The number of ether oxygens (including phenoxy) is 1. The topological polar surface area (TPSA) is 73.2 Å². The highest BCUT2D eigenvalue weighted by Crippen LogP contribution is 2.18. The number of rotatable bonds is 5. The standard InChI is InChI=1S/C18H20BrN3O3/c1-11-17(12(2)22(4)21-11)20-18(24)13(3)25-16(23)10-7-14-5-8-15(19)9-6-14/h5-10,13H,1-4H3,(H,20,24)/b10-7+/t13-/m0/s1. The van der Waals surface area contributed by atoms with Crippen LogP contribution >= 0.6 is 15.9 Å². The molecule has 0 unspecified atom stereocenters. The zero-order valence-electron chi connectivity index (χ0n) is 14.5. The van der Waals surface area contributed by atoms with Gasteiger partial charge in [0.15, 0.2) is 6.10 Å². The second-order valence-corrected chi connectivity index (χ2v) is 6.54. The lowest BCUT2D eigenvalue weighted by atomic mass is 10.2. The van der Waals surface area contributed by atoms with Crippen molar-refractivity contribution >= 4 is 39.6 Å². The van der Waals surface area contributed by atoms with Crippen LogP contribution in [-0.2, 0) is 21.4 Å². The van der Waals surface area contributed by atoms with Gasteiger partial charge in [-0.2, -0.15) is 5.10 Å². The number of esters is 1. The van der Waals surface area contributed by atoms with Crippen LogP contribution in [0.3, 0.4) is 0 Å². The molecule has 6 nitrogen and oxygen atoms in total. The van der Waals surface area contributed by atoms with Gasteiger partial charge in [-0.3, -0.25) is 9.48 Å². The minimum Gasteiger partial charge on any atom is -0.449 e. The maximum Gasteiger partial charge on any atom is 0.331 e. The van der Waals surface area contributed by atoms with Crippen LogP contribution in [-0.4, -0.2) is 27.8 Å². The van der Waals surface area contributed by atoms with Gasteiger partial charge in [-0.25, -0.2) is 4.79 Å². The van der Waals surface area contributed by atoms with Gasteiger partial charge >= 0.3 is 5.97 Å². The molecule has 0 spiro atoms. The van der Waals surface area contributed by atoms with Crippen molar-refractivity contribution in [2.24, 2.45) is 7.05 Å². The van der Waals surface area contributed by atoms with E-state index >= 15 is 0 Å². The van der Waals surface area contributed by atoms with Crippen molar-refractivity contribution in [2.45, 2.75) is 26.9 Å². The van der Waals surface area contributed by atoms with Gasteiger partial charge in [0.05, 0.1) is 17.1 Å². The quantitative estimate of drug-likeness (QED) is 0.611. The summed E-state index contributed by atoms with van der Waals surface area (Å²) < 4.78 is 7.78. The molecular formula is C18H20BrN3O3. The Bertz CT molecular complexity index is 810. The van der Waals surface area contributed by atoms with Crippen LogP contribution in [0.2, 0.25) is 0 Å². The molecule has 0 aliphatic carbocycles. The molecule has 7 heteroatoms. The highest BCUT2D eigenvalue weighted by molar-refractivity contribution is 9.10. The summed E-state index contributed by atoms with van der Waals surface area (Å²) in [6.45, 7) is 5.19. The van der Waals surface area contributed by atoms with E-state index in [2.05, 4.69) is 26.3 Å². The number of halogens is 1. The van der Waals surface area contributed by atoms with Crippen molar-refractivity contribution in [3.05, 3.63) is 51.8 Å². The fourth-order valence-electron chi connectivity index (χ4n) is 2.18. The second kappa shape index (κ2) is 8.11. The highest BCUT2D eigenvalue weighted by Gasteiger charge is 2.20. The number of nitrogens with one attached hydrogen (secondary N) is 1. The number of hydrogen-bond acceptors (Lipinski definition) is 4. The average Bonchev–Trinajstić information content (AvgIpc) is 2.80. The van der Waals surface area contributed by atoms with Gasteiger partial charge in [-0.15, -0.1) is 0 Å². The number of benzene rings is 1. The van der Waals surface area contributed by atoms with Crippen LogP contribution in [0.25, 0.3) is 6.08 Å². The predicted molar refractivity (Wildman–Crippen MR) is 100 cm³/mol. The first kappa shape index (κ1) is 18.9. The molecule has 1 amide bonds. The average molecular weight is 406 g/mol. The van der Waals surface area contributed by atoms with Crippen molar-refractivity contribution in [3.8, 4) is 0 Å². The van der Waals surface area contributed by atoms with E-state index in [1.807, 2.05) is 31.2 Å². The van der Waals surface area contributed by atoms with Crippen LogP contribution in [0.15, 0.2) is 34.8 Å². The van der Waals surface area contributed by atoms with E-state index in [0.29, 0.717) is 11.4 Å².